The summed E-state index contributed by atoms with van der Waals surface area (Å²) in [5.74, 6) is 5.87. The molecule has 0 spiro atoms. The van der Waals surface area contributed by atoms with E-state index in [9.17, 15) is 18.4 Å². The van der Waals surface area contributed by atoms with Gasteiger partial charge in [0.2, 0.25) is 0 Å². The highest BCUT2D eigenvalue weighted by atomic mass is 19.4. The standard InChI is InChI=1S/C31H37F3N6/c1-30(2,20-35)29-13-11-25(19-38-29)36-14-6-9-27-16-23-15-22(10-12-28(23)40(27)21-31(32,33)34)18-37-24-7-5-8-26(17-24)39(3)4/h10-13,15-16,19,24,26,36-37H,5,7-8,14,17-18,21H2,1-4H3. The Hall–Kier alpha value is -3.53. The normalized spacial score (nSPS) is 17.9. The van der Waals surface area contributed by atoms with Gasteiger partial charge in [0.15, 0.2) is 0 Å². The van der Waals surface area contributed by atoms with Gasteiger partial charge in [-0.25, -0.2) is 0 Å². The number of pyridine rings is 1. The molecule has 0 bridgehead atoms. The van der Waals surface area contributed by atoms with Gasteiger partial charge in [-0.1, -0.05) is 18.4 Å². The van der Waals surface area contributed by atoms with Gasteiger partial charge in [0.1, 0.15) is 6.54 Å². The Bertz CT molecular complexity index is 1400. The zero-order valence-corrected chi connectivity index (χ0v) is 23.6. The number of alkyl halides is 3. The number of hydrogen-bond acceptors (Lipinski definition) is 5. The maximum absolute atomic E-state index is 13.5. The van der Waals surface area contributed by atoms with Crippen LogP contribution in [0.2, 0.25) is 0 Å². The molecule has 1 fully saturated rings. The van der Waals surface area contributed by atoms with Gasteiger partial charge in [0.25, 0.3) is 0 Å². The van der Waals surface area contributed by atoms with E-state index in [-0.39, 0.29) is 6.54 Å². The highest BCUT2D eigenvalue weighted by molar-refractivity contribution is 5.83. The van der Waals surface area contributed by atoms with Crippen molar-refractivity contribution in [2.24, 2.45) is 0 Å². The van der Waals surface area contributed by atoms with Gasteiger partial charge in [-0.3, -0.25) is 4.98 Å². The van der Waals surface area contributed by atoms with Crippen LogP contribution in [0.3, 0.4) is 0 Å². The Balaban J connectivity index is 1.46. The number of halogens is 3. The first-order valence-electron chi connectivity index (χ1n) is 13.6. The minimum absolute atomic E-state index is 0.237. The van der Waals surface area contributed by atoms with Crippen LogP contribution in [0, 0.1) is 23.2 Å². The molecule has 0 saturated heterocycles. The molecule has 1 aliphatic rings. The number of anilines is 1. The average Bonchev–Trinajstić information content (AvgIpc) is 3.25. The number of fused-ring (bicyclic) bond motifs is 1. The van der Waals surface area contributed by atoms with Crippen LogP contribution in [0.25, 0.3) is 10.9 Å². The second-order valence-corrected chi connectivity index (χ2v) is 11.3. The second kappa shape index (κ2) is 12.3. The van der Waals surface area contributed by atoms with Crippen molar-refractivity contribution in [3.63, 3.8) is 0 Å². The largest absolute Gasteiger partial charge is 0.406 e. The lowest BCUT2D eigenvalue weighted by Gasteiger charge is -2.34. The Kier molecular flexibility index (Phi) is 9.08. The number of nitriles is 1. The molecule has 0 aliphatic heterocycles. The number of aromatic nitrogens is 2. The molecule has 2 aromatic heterocycles. The summed E-state index contributed by atoms with van der Waals surface area (Å²) in [5, 5.41) is 16.8. The van der Waals surface area contributed by atoms with E-state index in [0.29, 0.717) is 35.5 Å². The van der Waals surface area contributed by atoms with E-state index in [1.54, 1.807) is 38.2 Å². The maximum Gasteiger partial charge on any atom is 0.406 e. The molecule has 6 nitrogen and oxygen atoms in total. The minimum atomic E-state index is -4.37. The van der Waals surface area contributed by atoms with Gasteiger partial charge >= 0.3 is 6.18 Å². The number of rotatable bonds is 8. The zero-order chi connectivity index (χ0) is 28.9. The third-order valence-electron chi connectivity index (χ3n) is 7.56. The second-order valence-electron chi connectivity index (χ2n) is 11.3. The molecule has 3 aromatic rings. The van der Waals surface area contributed by atoms with Gasteiger partial charge in [-0.15, -0.1) is 0 Å². The smallest absolute Gasteiger partial charge is 0.373 e. The van der Waals surface area contributed by atoms with Crippen LogP contribution < -0.4 is 10.6 Å². The first kappa shape index (κ1) is 29.5. The van der Waals surface area contributed by atoms with Crippen molar-refractivity contribution in [2.45, 2.75) is 76.3 Å². The van der Waals surface area contributed by atoms with E-state index < -0.39 is 18.1 Å². The molecule has 40 heavy (non-hydrogen) atoms. The van der Waals surface area contributed by atoms with E-state index in [2.05, 4.69) is 52.5 Å². The molecule has 1 aromatic carbocycles. The fourth-order valence-electron chi connectivity index (χ4n) is 5.17. The van der Waals surface area contributed by atoms with Crippen molar-refractivity contribution >= 4 is 16.6 Å². The Morgan fingerprint density at radius 3 is 2.60 bits per heavy atom. The highest BCUT2D eigenvalue weighted by Crippen LogP contribution is 2.27. The Morgan fingerprint density at radius 1 is 1.12 bits per heavy atom. The van der Waals surface area contributed by atoms with E-state index in [1.165, 1.54) is 17.4 Å². The summed E-state index contributed by atoms with van der Waals surface area (Å²) in [6.07, 6.45) is 1.91. The van der Waals surface area contributed by atoms with Crippen LogP contribution in [-0.2, 0) is 18.5 Å². The van der Waals surface area contributed by atoms with E-state index in [4.69, 9.17) is 0 Å². The fourth-order valence-corrected chi connectivity index (χ4v) is 5.17. The number of benzene rings is 1. The first-order valence-corrected chi connectivity index (χ1v) is 13.6. The van der Waals surface area contributed by atoms with Gasteiger partial charge in [-0.2, -0.15) is 18.4 Å². The maximum atomic E-state index is 13.5. The molecule has 2 heterocycles. The van der Waals surface area contributed by atoms with E-state index in [0.717, 1.165) is 29.5 Å². The van der Waals surface area contributed by atoms with Gasteiger partial charge in [-0.05, 0) is 89.0 Å². The van der Waals surface area contributed by atoms with Crippen LogP contribution in [0.5, 0.6) is 0 Å². The van der Waals surface area contributed by atoms with Gasteiger partial charge in [0.05, 0.1) is 41.3 Å². The lowest BCUT2D eigenvalue weighted by molar-refractivity contribution is -0.140. The summed E-state index contributed by atoms with van der Waals surface area (Å²) in [4.78, 5) is 6.62. The lowest BCUT2D eigenvalue weighted by atomic mass is 9.90. The summed E-state index contributed by atoms with van der Waals surface area (Å²) in [6.45, 7) is 3.41. The van der Waals surface area contributed by atoms with Gasteiger partial charge < -0.3 is 20.1 Å². The molecule has 0 radical (unpaired) electrons. The zero-order valence-electron chi connectivity index (χ0n) is 23.6. The Morgan fingerprint density at radius 2 is 1.93 bits per heavy atom. The summed E-state index contributed by atoms with van der Waals surface area (Å²) in [7, 11) is 4.24. The molecular weight excluding hydrogens is 513 g/mol. The molecule has 1 saturated carbocycles. The van der Waals surface area contributed by atoms with Crippen molar-refractivity contribution < 1.29 is 13.2 Å². The number of nitrogens with zero attached hydrogens (tertiary/aromatic N) is 4. The predicted octanol–water partition coefficient (Wildman–Crippen LogP) is 5.83. The number of hydrogen-bond donors (Lipinski definition) is 2. The van der Waals surface area contributed by atoms with Crippen LogP contribution in [0.1, 0.15) is 56.5 Å². The first-order chi connectivity index (χ1) is 18.9. The van der Waals surface area contributed by atoms with Crippen molar-refractivity contribution in [3.8, 4) is 17.9 Å². The molecule has 2 N–H and O–H groups in total. The summed E-state index contributed by atoms with van der Waals surface area (Å²) >= 11 is 0. The summed E-state index contributed by atoms with van der Waals surface area (Å²) in [6, 6.07) is 14.2. The number of nitrogens with one attached hydrogen (secondary N) is 2. The van der Waals surface area contributed by atoms with Crippen LogP contribution >= 0.6 is 0 Å². The molecule has 9 heteroatoms. The van der Waals surface area contributed by atoms with Crippen LogP contribution in [0.15, 0.2) is 42.6 Å². The third-order valence-corrected chi connectivity index (χ3v) is 7.56. The molecule has 212 valence electrons. The molecular formula is C31H37F3N6. The third kappa shape index (κ3) is 7.56. The predicted molar refractivity (Wildman–Crippen MR) is 153 cm³/mol. The topological polar surface area (TPSA) is 68.9 Å². The SMILES string of the molecule is CN(C)C1CCCC(NCc2ccc3c(c2)cc(C#CCNc2ccc(C(C)(C)C#N)nc2)n3CC(F)(F)F)C1. The quantitative estimate of drug-likeness (QED) is 0.346. The molecule has 1 aliphatic carbocycles. The molecule has 2 unspecified atom stereocenters. The van der Waals surface area contributed by atoms with Crippen molar-refractivity contribution in [1.29, 1.82) is 5.26 Å². The fraction of sp³-hybridized carbons (Fsp3) is 0.484. The Labute approximate surface area is 234 Å². The summed E-state index contributed by atoms with van der Waals surface area (Å²) in [5.41, 5.74) is 2.57. The van der Waals surface area contributed by atoms with E-state index >= 15 is 0 Å². The van der Waals surface area contributed by atoms with Crippen molar-refractivity contribution in [3.05, 3.63) is 59.5 Å². The molecule has 4 rings (SSSR count). The van der Waals surface area contributed by atoms with Crippen LogP contribution in [-0.4, -0.2) is 53.4 Å². The minimum Gasteiger partial charge on any atom is -0.373 e. The average molecular weight is 551 g/mol. The van der Waals surface area contributed by atoms with Crippen molar-refractivity contribution in [1.82, 2.24) is 19.8 Å². The van der Waals surface area contributed by atoms with Crippen molar-refractivity contribution in [2.75, 3.05) is 26.0 Å². The molecule has 2 atom stereocenters. The molecule has 0 amide bonds. The highest BCUT2D eigenvalue weighted by Gasteiger charge is 2.30. The van der Waals surface area contributed by atoms with Gasteiger partial charge in [0, 0.05) is 29.5 Å². The lowest BCUT2D eigenvalue weighted by Crippen LogP contribution is -2.41. The summed E-state index contributed by atoms with van der Waals surface area (Å²) < 4.78 is 41.6. The van der Waals surface area contributed by atoms with E-state index in [1.807, 2.05) is 18.2 Å². The van der Waals surface area contributed by atoms with Crippen LogP contribution in [0.4, 0.5) is 18.9 Å². The monoisotopic (exact) mass is 550 g/mol.